The molecule has 0 bridgehead atoms. The van der Waals surface area contributed by atoms with Crippen LogP contribution in [-0.4, -0.2) is 125 Å². The highest BCUT2D eigenvalue weighted by Crippen LogP contribution is 2.73. The molecule has 2 fully saturated rings. The standard InChI is InChI=1S/C22H23F22N2O8PS2/c1-5-7-45(56(49,50)21(43)17(35,36)13(27,28)11(23,24)14(29,30)18(21,37)38)9(3)53-55(47,48)54-10(4)46(8-6-2)57(51,52)22(44)19(39,40)15(31,32)12(25,26)16(33,34)20(22,41)42/h9-10H,5-8H2,1-4H3,(H,47,48). The van der Waals surface area contributed by atoms with Crippen LogP contribution in [0.5, 0.6) is 0 Å². The Bertz CT molecular complexity index is 1650. The second-order valence-corrected chi connectivity index (χ2v) is 17.4. The molecule has 2 unspecified atom stereocenters. The van der Waals surface area contributed by atoms with Gasteiger partial charge in [0.15, 0.2) is 0 Å². The maximum absolute atomic E-state index is 15.6. The van der Waals surface area contributed by atoms with Crippen molar-refractivity contribution in [2.24, 2.45) is 0 Å². The van der Waals surface area contributed by atoms with Gasteiger partial charge in [-0.25, -0.2) is 30.2 Å². The number of hydrogen-bond acceptors (Lipinski definition) is 7. The van der Waals surface area contributed by atoms with Gasteiger partial charge in [-0.05, 0) is 26.7 Å². The lowest BCUT2D eigenvalue weighted by Gasteiger charge is -2.52. The lowest BCUT2D eigenvalue weighted by atomic mass is 9.80. The summed E-state index contributed by atoms with van der Waals surface area (Å²) in [6.07, 6.45) is -9.43. The number of sulfonamides is 2. The quantitative estimate of drug-likeness (QED) is 0.107. The molecule has 2 aliphatic rings. The maximum atomic E-state index is 15.6. The zero-order valence-corrected chi connectivity index (χ0v) is 30.3. The third-order valence-corrected chi connectivity index (χ3v) is 14.2. The van der Waals surface area contributed by atoms with Gasteiger partial charge in [0.05, 0.1) is 0 Å². The van der Waals surface area contributed by atoms with E-state index in [4.69, 9.17) is 0 Å². The van der Waals surface area contributed by atoms with E-state index in [1.54, 1.807) is 0 Å². The van der Waals surface area contributed by atoms with Crippen LogP contribution in [0.3, 0.4) is 0 Å². The molecule has 2 rings (SSSR count). The topological polar surface area (TPSA) is 131 Å². The van der Waals surface area contributed by atoms with Crippen molar-refractivity contribution < 1.29 is 132 Å². The summed E-state index contributed by atoms with van der Waals surface area (Å²) in [7, 11) is -23.3. The maximum Gasteiger partial charge on any atom is 0.475 e. The predicted molar refractivity (Wildman–Crippen MR) is 140 cm³/mol. The zero-order valence-electron chi connectivity index (χ0n) is 27.8. The average Bonchev–Trinajstić information content (AvgIpc) is 3.02. The van der Waals surface area contributed by atoms with E-state index in [2.05, 4.69) is 9.05 Å². The number of phosphoric ester groups is 1. The van der Waals surface area contributed by atoms with Crippen molar-refractivity contribution in [1.82, 2.24) is 8.61 Å². The van der Waals surface area contributed by atoms with Crippen LogP contribution in [-0.2, 0) is 33.7 Å². The summed E-state index contributed by atoms with van der Waals surface area (Å²) in [6.45, 7) is -3.12. The molecule has 0 aromatic heterocycles. The Morgan fingerprint density at radius 3 is 0.807 bits per heavy atom. The Morgan fingerprint density at radius 1 is 0.456 bits per heavy atom. The van der Waals surface area contributed by atoms with Gasteiger partial charge in [0.25, 0.3) is 20.0 Å². The highest BCUT2D eigenvalue weighted by molar-refractivity contribution is 7.90. The second-order valence-electron chi connectivity index (χ2n) is 12.0. The molecule has 57 heavy (non-hydrogen) atoms. The minimum atomic E-state index is -8.19. The summed E-state index contributed by atoms with van der Waals surface area (Å²) in [5, 5.41) is -15.8. The number of nitrogens with zero attached hydrogens (tertiary/aromatic N) is 2. The molecule has 0 aromatic carbocycles. The summed E-state index contributed by atoms with van der Waals surface area (Å²) < 4.78 is 384. The van der Waals surface area contributed by atoms with E-state index < -0.39 is 144 Å². The average molecular weight is 956 g/mol. The molecule has 0 heterocycles. The fourth-order valence-corrected chi connectivity index (χ4v) is 10.7. The fraction of sp³-hybridized carbons (Fsp3) is 1.00. The number of rotatable bonds is 14. The lowest BCUT2D eigenvalue weighted by molar-refractivity contribution is -0.470. The first-order valence-corrected chi connectivity index (χ1v) is 18.9. The molecular formula is C22H23F22N2O8PS2. The smallest absolute Gasteiger partial charge is 0.302 e. The number of halogens is 22. The van der Waals surface area contributed by atoms with E-state index in [1.807, 2.05) is 0 Å². The first-order chi connectivity index (χ1) is 24.7. The van der Waals surface area contributed by atoms with E-state index in [9.17, 15) is 114 Å². The van der Waals surface area contributed by atoms with Crippen molar-refractivity contribution in [2.45, 2.75) is 122 Å². The van der Waals surface area contributed by atoms with Gasteiger partial charge < -0.3 is 4.89 Å². The van der Waals surface area contributed by atoms with Gasteiger partial charge >= 0.3 is 77.0 Å². The molecule has 2 saturated carbocycles. The van der Waals surface area contributed by atoms with Crippen LogP contribution >= 0.6 is 7.82 Å². The van der Waals surface area contributed by atoms with Crippen molar-refractivity contribution in [3.8, 4) is 0 Å². The van der Waals surface area contributed by atoms with Crippen LogP contribution in [0, 0.1) is 0 Å². The molecule has 0 spiro atoms. The van der Waals surface area contributed by atoms with E-state index in [0.29, 0.717) is 13.8 Å². The van der Waals surface area contributed by atoms with E-state index in [1.165, 1.54) is 0 Å². The monoisotopic (exact) mass is 956 g/mol. The van der Waals surface area contributed by atoms with E-state index in [0.717, 1.165) is 0 Å². The largest absolute Gasteiger partial charge is 0.475 e. The molecule has 2 aliphatic carbocycles. The van der Waals surface area contributed by atoms with Crippen LogP contribution in [0.15, 0.2) is 0 Å². The van der Waals surface area contributed by atoms with E-state index >= 15 is 8.78 Å². The molecule has 0 amide bonds. The van der Waals surface area contributed by atoms with Crippen LogP contribution in [0.1, 0.15) is 40.5 Å². The number of alkyl halides is 22. The lowest BCUT2D eigenvalue weighted by Crippen LogP contribution is -2.86. The Kier molecular flexibility index (Phi) is 12.4. The van der Waals surface area contributed by atoms with Gasteiger partial charge in [0.2, 0.25) is 0 Å². The molecule has 1 N–H and O–H groups in total. The SMILES string of the molecule is CCCN(C(C)OP(=O)(O)OC(C)N(CCC)S(=O)(=O)C1(F)C(F)(F)C(F)(F)C(F)(F)C(F)(F)C1(F)F)S(=O)(=O)C1(F)C(F)(F)C(F)(F)C(F)(F)C(F)(F)C1(F)F. The van der Waals surface area contributed by atoms with Gasteiger partial charge in [0, 0.05) is 13.1 Å². The predicted octanol–water partition coefficient (Wildman–Crippen LogP) is 7.61. The highest BCUT2D eigenvalue weighted by atomic mass is 32.2. The second kappa shape index (κ2) is 13.7. The zero-order chi connectivity index (χ0) is 46.1. The van der Waals surface area contributed by atoms with Crippen molar-refractivity contribution in [3.05, 3.63) is 0 Å². The number of hydrogen-bond donors (Lipinski definition) is 1. The summed E-state index contributed by atoms with van der Waals surface area (Å²) in [5.41, 5.74) is 0. The summed E-state index contributed by atoms with van der Waals surface area (Å²) in [4.78, 5) is 10.1. The molecule has 10 nitrogen and oxygen atoms in total. The summed E-state index contributed by atoms with van der Waals surface area (Å²) >= 11 is 0. The Morgan fingerprint density at radius 2 is 0.632 bits per heavy atom. The Labute approximate surface area is 304 Å². The molecular weight excluding hydrogens is 933 g/mol. The molecule has 35 heteroatoms. The van der Waals surface area contributed by atoms with Crippen LogP contribution in [0.2, 0.25) is 0 Å². The van der Waals surface area contributed by atoms with Gasteiger partial charge in [-0.2, -0.15) is 96.4 Å². The van der Waals surface area contributed by atoms with Crippen molar-refractivity contribution in [2.75, 3.05) is 13.1 Å². The Hall–Kier alpha value is -1.61. The number of phosphoric acid groups is 1. The third-order valence-electron chi connectivity index (χ3n) is 8.37. The third kappa shape index (κ3) is 5.80. The Balaban J connectivity index is 2.73. The molecule has 0 aliphatic heterocycles. The highest BCUT2D eigenvalue weighted by Gasteiger charge is 3.06. The van der Waals surface area contributed by atoms with Crippen LogP contribution < -0.4 is 0 Å². The van der Waals surface area contributed by atoms with Gasteiger partial charge in [-0.1, -0.05) is 13.8 Å². The minimum Gasteiger partial charge on any atom is -0.302 e. The van der Waals surface area contributed by atoms with Crippen molar-refractivity contribution >= 4 is 27.9 Å². The first kappa shape index (κ1) is 51.5. The summed E-state index contributed by atoms with van der Waals surface area (Å²) in [6, 6.07) is 0. The molecule has 0 aromatic rings. The van der Waals surface area contributed by atoms with Gasteiger partial charge in [0.1, 0.15) is 12.5 Å². The van der Waals surface area contributed by atoms with Gasteiger partial charge in [-0.15, -0.1) is 0 Å². The fourth-order valence-electron chi connectivity index (χ4n) is 5.31. The first-order valence-electron chi connectivity index (χ1n) is 14.5. The summed E-state index contributed by atoms with van der Waals surface area (Å²) in [5.74, 6) is -80.4. The molecule has 340 valence electrons. The normalized spacial score (nSPS) is 29.3. The van der Waals surface area contributed by atoms with Crippen molar-refractivity contribution in [3.63, 3.8) is 0 Å². The van der Waals surface area contributed by atoms with Crippen LogP contribution in [0.4, 0.5) is 96.6 Å². The van der Waals surface area contributed by atoms with Gasteiger partial charge in [-0.3, -0.25) is 9.05 Å². The molecule has 0 radical (unpaired) electrons. The molecule has 2 atom stereocenters. The van der Waals surface area contributed by atoms with Crippen LogP contribution in [0.25, 0.3) is 0 Å². The molecule has 0 saturated heterocycles. The van der Waals surface area contributed by atoms with Crippen molar-refractivity contribution in [1.29, 1.82) is 0 Å². The minimum absolute atomic E-state index is 0.220. The van der Waals surface area contributed by atoms with E-state index in [-0.39, 0.29) is 13.8 Å².